The number of hydrogen-bond acceptors (Lipinski definition) is 3. The number of piperidine rings is 1. The molecule has 0 bridgehead atoms. The van der Waals surface area contributed by atoms with Crippen molar-refractivity contribution in [1.82, 2.24) is 9.88 Å². The number of hydrogen-bond donors (Lipinski definition) is 1. The predicted molar refractivity (Wildman–Crippen MR) is 62.4 cm³/mol. The minimum absolute atomic E-state index is 0.0158. The molecule has 0 saturated carbocycles. The molecule has 1 aliphatic heterocycles. The van der Waals surface area contributed by atoms with Crippen LogP contribution in [-0.2, 0) is 6.18 Å². The first kappa shape index (κ1) is 13.8. The molecule has 0 aromatic carbocycles. The van der Waals surface area contributed by atoms with E-state index in [9.17, 15) is 18.0 Å². The van der Waals surface area contributed by atoms with Gasteiger partial charge in [-0.25, -0.2) is 0 Å². The summed E-state index contributed by atoms with van der Waals surface area (Å²) in [5.74, 6) is -0.371. The van der Waals surface area contributed by atoms with Crippen LogP contribution in [0.25, 0.3) is 0 Å². The van der Waals surface area contributed by atoms with Crippen molar-refractivity contribution in [2.75, 3.05) is 13.1 Å². The number of likely N-dealkylation sites (tertiary alicyclic amines) is 1. The number of halogens is 3. The zero-order valence-corrected chi connectivity index (χ0v) is 10.2. The van der Waals surface area contributed by atoms with Gasteiger partial charge in [0.25, 0.3) is 5.91 Å². The Labute approximate surface area is 108 Å². The average molecular weight is 273 g/mol. The minimum atomic E-state index is -4.44. The van der Waals surface area contributed by atoms with Gasteiger partial charge in [-0.1, -0.05) is 0 Å². The van der Waals surface area contributed by atoms with Crippen molar-refractivity contribution in [3.8, 4) is 0 Å². The molecule has 1 unspecified atom stereocenters. The number of carbonyl (C=O) groups is 1. The van der Waals surface area contributed by atoms with Crippen LogP contribution in [0.15, 0.2) is 18.3 Å². The number of nitrogens with zero attached hydrogens (tertiary/aromatic N) is 2. The van der Waals surface area contributed by atoms with Gasteiger partial charge in [-0.3, -0.25) is 9.78 Å². The highest BCUT2D eigenvalue weighted by Crippen LogP contribution is 2.28. The third kappa shape index (κ3) is 3.23. The number of carbonyl (C=O) groups excluding carboxylic acids is 1. The van der Waals surface area contributed by atoms with Gasteiger partial charge < -0.3 is 10.6 Å². The molecule has 1 amide bonds. The summed E-state index contributed by atoms with van der Waals surface area (Å²) in [4.78, 5) is 17.2. The predicted octanol–water partition coefficient (Wildman–Crippen LogP) is 1.66. The van der Waals surface area contributed by atoms with Gasteiger partial charge in [-0.15, -0.1) is 0 Å². The lowest BCUT2D eigenvalue weighted by molar-refractivity contribution is -0.137. The first-order valence-corrected chi connectivity index (χ1v) is 5.96. The summed E-state index contributed by atoms with van der Waals surface area (Å²) in [5.41, 5.74) is 4.91. The molecular weight excluding hydrogens is 259 g/mol. The van der Waals surface area contributed by atoms with E-state index in [2.05, 4.69) is 4.98 Å². The maximum absolute atomic E-state index is 12.4. The summed E-state index contributed by atoms with van der Waals surface area (Å²) < 4.78 is 37.1. The molecular formula is C12H14F3N3O. The van der Waals surface area contributed by atoms with Crippen LogP contribution < -0.4 is 5.73 Å². The molecule has 1 atom stereocenters. The van der Waals surface area contributed by atoms with Gasteiger partial charge in [0.2, 0.25) is 0 Å². The number of nitrogens with two attached hydrogens (primary N) is 1. The molecule has 1 aliphatic rings. The molecule has 0 radical (unpaired) electrons. The average Bonchev–Trinajstić information content (AvgIpc) is 2.37. The topological polar surface area (TPSA) is 59.2 Å². The van der Waals surface area contributed by atoms with Crippen LogP contribution in [0.2, 0.25) is 0 Å². The lowest BCUT2D eigenvalue weighted by atomic mass is 10.1. The molecule has 1 saturated heterocycles. The maximum Gasteiger partial charge on any atom is 0.417 e. The van der Waals surface area contributed by atoms with Crippen LogP contribution >= 0.6 is 0 Å². The van der Waals surface area contributed by atoms with E-state index >= 15 is 0 Å². The summed E-state index contributed by atoms with van der Waals surface area (Å²) in [6.07, 6.45) is -2.11. The van der Waals surface area contributed by atoms with E-state index in [-0.39, 0.29) is 17.6 Å². The van der Waals surface area contributed by atoms with E-state index in [4.69, 9.17) is 5.73 Å². The monoisotopic (exact) mass is 273 g/mol. The van der Waals surface area contributed by atoms with E-state index < -0.39 is 11.7 Å². The molecule has 4 nitrogen and oxygen atoms in total. The third-order valence-corrected chi connectivity index (χ3v) is 3.05. The maximum atomic E-state index is 12.4. The Morgan fingerprint density at radius 3 is 2.68 bits per heavy atom. The van der Waals surface area contributed by atoms with Gasteiger partial charge in [0.15, 0.2) is 0 Å². The molecule has 2 heterocycles. The van der Waals surface area contributed by atoms with Gasteiger partial charge in [0, 0.05) is 25.3 Å². The van der Waals surface area contributed by atoms with Gasteiger partial charge in [-0.05, 0) is 25.0 Å². The van der Waals surface area contributed by atoms with E-state index in [1.54, 1.807) is 0 Å². The number of alkyl halides is 3. The largest absolute Gasteiger partial charge is 0.417 e. The number of aromatic nitrogens is 1. The SMILES string of the molecule is NC1CCCN(C(=O)c2ccc(C(F)(F)F)cn2)C1. The lowest BCUT2D eigenvalue weighted by Gasteiger charge is -2.30. The van der Waals surface area contributed by atoms with Gasteiger partial charge in [0.1, 0.15) is 5.69 Å². The van der Waals surface area contributed by atoms with Gasteiger partial charge in [0.05, 0.1) is 5.56 Å². The summed E-state index contributed by atoms with van der Waals surface area (Å²) >= 11 is 0. The molecule has 1 aromatic rings. The van der Waals surface area contributed by atoms with Gasteiger partial charge >= 0.3 is 6.18 Å². The van der Waals surface area contributed by atoms with Crippen LogP contribution in [0.4, 0.5) is 13.2 Å². The molecule has 1 fully saturated rings. The van der Waals surface area contributed by atoms with E-state index in [0.717, 1.165) is 25.0 Å². The van der Waals surface area contributed by atoms with Crippen LogP contribution in [0, 0.1) is 0 Å². The molecule has 0 spiro atoms. The van der Waals surface area contributed by atoms with E-state index in [1.165, 1.54) is 4.90 Å². The summed E-state index contributed by atoms with van der Waals surface area (Å²) in [5, 5.41) is 0. The Morgan fingerprint density at radius 1 is 1.42 bits per heavy atom. The van der Waals surface area contributed by atoms with E-state index in [0.29, 0.717) is 19.3 Å². The summed E-state index contributed by atoms with van der Waals surface area (Å²) in [6, 6.07) is 1.89. The second-order valence-electron chi connectivity index (χ2n) is 4.58. The smallest absolute Gasteiger partial charge is 0.336 e. The molecule has 2 rings (SSSR count). The molecule has 2 N–H and O–H groups in total. The first-order valence-electron chi connectivity index (χ1n) is 5.96. The Morgan fingerprint density at radius 2 is 2.16 bits per heavy atom. The number of rotatable bonds is 1. The summed E-state index contributed by atoms with van der Waals surface area (Å²) in [6.45, 7) is 0.983. The zero-order valence-electron chi connectivity index (χ0n) is 10.2. The van der Waals surface area contributed by atoms with Crippen LogP contribution in [0.1, 0.15) is 28.9 Å². The first-order chi connectivity index (χ1) is 8.88. The molecule has 1 aromatic heterocycles. The van der Waals surface area contributed by atoms with Crippen molar-refractivity contribution in [2.24, 2.45) is 5.73 Å². The van der Waals surface area contributed by atoms with Crippen molar-refractivity contribution < 1.29 is 18.0 Å². The Hall–Kier alpha value is -1.63. The molecule has 7 heteroatoms. The van der Waals surface area contributed by atoms with Crippen molar-refractivity contribution >= 4 is 5.91 Å². The third-order valence-electron chi connectivity index (χ3n) is 3.05. The fourth-order valence-electron chi connectivity index (χ4n) is 2.04. The van der Waals surface area contributed by atoms with Crippen LogP contribution in [-0.4, -0.2) is 34.9 Å². The highest BCUT2D eigenvalue weighted by Gasteiger charge is 2.31. The Balaban J connectivity index is 2.11. The molecule has 104 valence electrons. The standard InChI is InChI=1S/C12H14F3N3O/c13-12(14,15)8-3-4-10(17-6-8)11(19)18-5-1-2-9(16)7-18/h3-4,6,9H,1-2,5,7,16H2. The Bertz CT molecular complexity index is 458. The van der Waals surface area contributed by atoms with Crippen molar-refractivity contribution in [3.05, 3.63) is 29.6 Å². The minimum Gasteiger partial charge on any atom is -0.336 e. The van der Waals surface area contributed by atoms with Crippen molar-refractivity contribution in [3.63, 3.8) is 0 Å². The number of pyridine rings is 1. The lowest BCUT2D eigenvalue weighted by Crippen LogP contribution is -2.45. The number of amides is 1. The van der Waals surface area contributed by atoms with Crippen molar-refractivity contribution in [2.45, 2.75) is 25.1 Å². The van der Waals surface area contributed by atoms with Gasteiger partial charge in [-0.2, -0.15) is 13.2 Å². The van der Waals surface area contributed by atoms with Crippen LogP contribution in [0.3, 0.4) is 0 Å². The van der Waals surface area contributed by atoms with E-state index in [1.807, 2.05) is 0 Å². The molecule has 0 aliphatic carbocycles. The normalized spacial score (nSPS) is 20.4. The van der Waals surface area contributed by atoms with Crippen molar-refractivity contribution in [1.29, 1.82) is 0 Å². The summed E-state index contributed by atoms with van der Waals surface area (Å²) in [7, 11) is 0. The van der Waals surface area contributed by atoms with Crippen LogP contribution in [0.5, 0.6) is 0 Å². The highest BCUT2D eigenvalue weighted by molar-refractivity contribution is 5.92. The molecule has 19 heavy (non-hydrogen) atoms. The Kier molecular flexibility index (Phi) is 3.75. The second kappa shape index (κ2) is 5.16. The fraction of sp³-hybridized carbons (Fsp3) is 0.500. The fourth-order valence-corrected chi connectivity index (χ4v) is 2.04. The zero-order chi connectivity index (χ0) is 14.0. The quantitative estimate of drug-likeness (QED) is 0.846. The second-order valence-corrected chi connectivity index (χ2v) is 4.58. The highest BCUT2D eigenvalue weighted by atomic mass is 19.4.